The summed E-state index contributed by atoms with van der Waals surface area (Å²) in [7, 11) is 0. The molecule has 20 heavy (non-hydrogen) atoms. The molecule has 7 heteroatoms. The zero-order chi connectivity index (χ0) is 14.3. The minimum absolute atomic E-state index is 0. The first-order chi connectivity index (χ1) is 9.08. The number of nitrogens with two attached hydrogens (primary N) is 1. The predicted molar refractivity (Wildman–Crippen MR) is 83.6 cm³/mol. The van der Waals surface area contributed by atoms with Crippen LogP contribution in [-0.2, 0) is 4.79 Å². The molecule has 0 spiro atoms. The normalized spacial score (nSPS) is 9.55. The Balaban J connectivity index is 0.00000361. The summed E-state index contributed by atoms with van der Waals surface area (Å²) in [6.45, 7) is 2.86. The molecular formula is C13H19Cl2N3O2. The third kappa shape index (κ3) is 5.77. The van der Waals surface area contributed by atoms with Crippen molar-refractivity contribution in [2.75, 3.05) is 18.4 Å². The lowest BCUT2D eigenvalue weighted by atomic mass is 10.2. The molecule has 0 unspecified atom stereocenters. The third-order valence-electron chi connectivity index (χ3n) is 2.40. The second-order valence-corrected chi connectivity index (χ2v) is 4.44. The van der Waals surface area contributed by atoms with E-state index in [2.05, 4.69) is 10.6 Å². The van der Waals surface area contributed by atoms with Crippen molar-refractivity contribution in [3.63, 3.8) is 0 Å². The lowest BCUT2D eigenvalue weighted by molar-refractivity contribution is -0.116. The largest absolute Gasteiger partial charge is 0.352 e. The van der Waals surface area contributed by atoms with Crippen LogP contribution in [0.4, 0.5) is 5.69 Å². The maximum absolute atomic E-state index is 11.8. The van der Waals surface area contributed by atoms with Crippen LogP contribution in [0.15, 0.2) is 18.2 Å². The number of rotatable bonds is 6. The van der Waals surface area contributed by atoms with Gasteiger partial charge in [-0.2, -0.15) is 0 Å². The number of amides is 2. The molecule has 5 nitrogen and oxygen atoms in total. The van der Waals surface area contributed by atoms with Gasteiger partial charge in [-0.25, -0.2) is 0 Å². The smallest absolute Gasteiger partial charge is 0.252 e. The monoisotopic (exact) mass is 319 g/mol. The zero-order valence-electron chi connectivity index (χ0n) is 11.2. The van der Waals surface area contributed by atoms with Crippen LogP contribution in [0, 0.1) is 0 Å². The second kappa shape index (κ2) is 9.58. The Morgan fingerprint density at radius 1 is 1.35 bits per heavy atom. The van der Waals surface area contributed by atoms with Gasteiger partial charge < -0.3 is 16.4 Å². The van der Waals surface area contributed by atoms with E-state index in [4.69, 9.17) is 17.3 Å². The fraction of sp³-hybridized carbons (Fsp3) is 0.385. The third-order valence-corrected chi connectivity index (χ3v) is 2.72. The van der Waals surface area contributed by atoms with Gasteiger partial charge in [0.1, 0.15) is 0 Å². The molecule has 0 aliphatic rings. The van der Waals surface area contributed by atoms with Crippen LogP contribution in [-0.4, -0.2) is 24.9 Å². The van der Waals surface area contributed by atoms with Gasteiger partial charge in [-0.3, -0.25) is 9.59 Å². The van der Waals surface area contributed by atoms with E-state index in [1.807, 2.05) is 6.92 Å². The van der Waals surface area contributed by atoms with E-state index in [1.54, 1.807) is 18.2 Å². The summed E-state index contributed by atoms with van der Waals surface area (Å²) in [5.41, 5.74) is 6.23. The minimum atomic E-state index is -0.216. The fourth-order valence-corrected chi connectivity index (χ4v) is 1.73. The van der Waals surface area contributed by atoms with Gasteiger partial charge >= 0.3 is 0 Å². The van der Waals surface area contributed by atoms with E-state index in [0.717, 1.165) is 6.42 Å². The SMILES string of the molecule is CCCNC(=O)c1ccc(NC(=O)CCN)cc1Cl.Cl. The summed E-state index contributed by atoms with van der Waals surface area (Å²) < 4.78 is 0. The Morgan fingerprint density at radius 3 is 2.60 bits per heavy atom. The van der Waals surface area contributed by atoms with Crippen LogP contribution in [0.1, 0.15) is 30.1 Å². The van der Waals surface area contributed by atoms with Crippen LogP contribution in [0.5, 0.6) is 0 Å². The van der Waals surface area contributed by atoms with Gasteiger partial charge in [0, 0.05) is 25.2 Å². The fourth-order valence-electron chi connectivity index (χ4n) is 1.47. The number of halogens is 2. The molecule has 0 saturated heterocycles. The Kier molecular flexibility index (Phi) is 8.96. The summed E-state index contributed by atoms with van der Waals surface area (Å²) in [5, 5.41) is 5.71. The number of carbonyl (C=O) groups excluding carboxylic acids is 2. The first-order valence-electron chi connectivity index (χ1n) is 6.16. The highest BCUT2D eigenvalue weighted by Gasteiger charge is 2.11. The highest BCUT2D eigenvalue weighted by molar-refractivity contribution is 6.34. The standard InChI is InChI=1S/C13H18ClN3O2.ClH/c1-2-7-16-13(19)10-4-3-9(8-11(10)14)17-12(18)5-6-15;/h3-4,8H,2,5-7,15H2,1H3,(H,16,19)(H,17,18);1H. The van der Waals surface area contributed by atoms with Gasteiger partial charge in [-0.05, 0) is 24.6 Å². The van der Waals surface area contributed by atoms with Crippen molar-refractivity contribution in [1.29, 1.82) is 0 Å². The maximum atomic E-state index is 11.8. The first kappa shape index (κ1) is 18.7. The lowest BCUT2D eigenvalue weighted by Crippen LogP contribution is -2.24. The summed E-state index contributed by atoms with van der Waals surface area (Å²) >= 11 is 6.03. The molecule has 112 valence electrons. The van der Waals surface area contributed by atoms with E-state index in [9.17, 15) is 9.59 Å². The van der Waals surface area contributed by atoms with E-state index in [0.29, 0.717) is 22.8 Å². The number of hydrogen-bond donors (Lipinski definition) is 3. The quantitative estimate of drug-likeness (QED) is 0.751. The molecule has 0 radical (unpaired) electrons. The van der Waals surface area contributed by atoms with Crippen LogP contribution in [0.2, 0.25) is 5.02 Å². The molecule has 0 saturated carbocycles. The van der Waals surface area contributed by atoms with E-state index < -0.39 is 0 Å². The first-order valence-corrected chi connectivity index (χ1v) is 6.54. The van der Waals surface area contributed by atoms with Gasteiger partial charge in [0.25, 0.3) is 5.91 Å². The molecule has 2 amide bonds. The van der Waals surface area contributed by atoms with Crippen molar-refractivity contribution >= 4 is 41.5 Å². The second-order valence-electron chi connectivity index (χ2n) is 4.04. The molecule has 0 fully saturated rings. The Labute approximate surface area is 129 Å². The molecule has 0 bridgehead atoms. The van der Waals surface area contributed by atoms with Crippen molar-refractivity contribution in [1.82, 2.24) is 5.32 Å². The van der Waals surface area contributed by atoms with Crippen LogP contribution >= 0.6 is 24.0 Å². The summed E-state index contributed by atoms with van der Waals surface area (Å²) in [5.74, 6) is -0.395. The van der Waals surface area contributed by atoms with E-state index in [-0.39, 0.29) is 37.2 Å². The number of hydrogen-bond acceptors (Lipinski definition) is 3. The lowest BCUT2D eigenvalue weighted by Gasteiger charge is -2.08. The topological polar surface area (TPSA) is 84.2 Å². The predicted octanol–water partition coefficient (Wildman–Crippen LogP) is 2.19. The van der Waals surface area contributed by atoms with Gasteiger partial charge in [0.05, 0.1) is 10.6 Å². The minimum Gasteiger partial charge on any atom is -0.352 e. The van der Waals surface area contributed by atoms with Crippen molar-refractivity contribution in [2.45, 2.75) is 19.8 Å². The van der Waals surface area contributed by atoms with Gasteiger partial charge in [0.15, 0.2) is 0 Å². The number of anilines is 1. The molecular weight excluding hydrogens is 301 g/mol. The number of nitrogens with one attached hydrogen (secondary N) is 2. The molecule has 1 rings (SSSR count). The van der Waals surface area contributed by atoms with Crippen LogP contribution < -0.4 is 16.4 Å². The molecule has 1 aromatic rings. The van der Waals surface area contributed by atoms with Gasteiger partial charge in [-0.1, -0.05) is 18.5 Å². The molecule has 0 aliphatic heterocycles. The van der Waals surface area contributed by atoms with Crippen molar-refractivity contribution < 1.29 is 9.59 Å². The van der Waals surface area contributed by atoms with E-state index in [1.165, 1.54) is 0 Å². The average molecular weight is 320 g/mol. The average Bonchev–Trinajstić information content (AvgIpc) is 2.36. The maximum Gasteiger partial charge on any atom is 0.252 e. The van der Waals surface area contributed by atoms with Crippen LogP contribution in [0.3, 0.4) is 0 Å². The summed E-state index contributed by atoms with van der Waals surface area (Å²) in [6.07, 6.45) is 1.10. The van der Waals surface area contributed by atoms with Gasteiger partial charge in [0.2, 0.25) is 5.91 Å². The van der Waals surface area contributed by atoms with Crippen molar-refractivity contribution in [2.24, 2.45) is 5.73 Å². The molecule has 1 aromatic carbocycles. The Bertz CT molecular complexity index is 467. The summed E-state index contributed by atoms with van der Waals surface area (Å²) in [4.78, 5) is 23.1. The van der Waals surface area contributed by atoms with E-state index >= 15 is 0 Å². The van der Waals surface area contributed by atoms with Crippen molar-refractivity contribution in [3.05, 3.63) is 28.8 Å². The molecule has 4 N–H and O–H groups in total. The Morgan fingerprint density at radius 2 is 2.05 bits per heavy atom. The number of benzene rings is 1. The zero-order valence-corrected chi connectivity index (χ0v) is 12.8. The Hall–Kier alpha value is -1.30. The van der Waals surface area contributed by atoms with Crippen molar-refractivity contribution in [3.8, 4) is 0 Å². The highest BCUT2D eigenvalue weighted by Crippen LogP contribution is 2.21. The van der Waals surface area contributed by atoms with Crippen LogP contribution in [0.25, 0.3) is 0 Å². The molecule has 0 aliphatic carbocycles. The highest BCUT2D eigenvalue weighted by atomic mass is 35.5. The molecule has 0 heterocycles. The molecule has 0 aromatic heterocycles. The van der Waals surface area contributed by atoms with Gasteiger partial charge in [-0.15, -0.1) is 12.4 Å². The summed E-state index contributed by atoms with van der Waals surface area (Å²) in [6, 6.07) is 4.78. The number of carbonyl (C=O) groups is 2. The molecule has 0 atom stereocenters.